The molecule has 9 heteroatoms. The van der Waals surface area contributed by atoms with Crippen molar-refractivity contribution in [1.29, 1.82) is 0 Å². The van der Waals surface area contributed by atoms with E-state index in [4.69, 9.17) is 4.74 Å². The lowest BCUT2D eigenvalue weighted by molar-refractivity contribution is -0.118. The van der Waals surface area contributed by atoms with Gasteiger partial charge in [0.05, 0.1) is 18.6 Å². The van der Waals surface area contributed by atoms with Crippen molar-refractivity contribution in [2.45, 2.75) is 26.3 Å². The lowest BCUT2D eigenvalue weighted by atomic mass is 10.0. The number of sulfonamides is 1. The number of nitrogens with zero attached hydrogens (tertiary/aromatic N) is 1. The molecule has 1 aliphatic heterocycles. The predicted molar refractivity (Wildman–Crippen MR) is 120 cm³/mol. The zero-order valence-corrected chi connectivity index (χ0v) is 18.6. The molecule has 2 N–H and O–H groups in total. The van der Waals surface area contributed by atoms with Gasteiger partial charge in [0.2, 0.25) is 15.9 Å². The van der Waals surface area contributed by atoms with Gasteiger partial charge in [-0.25, -0.2) is 8.42 Å². The van der Waals surface area contributed by atoms with E-state index in [-0.39, 0.29) is 23.5 Å². The van der Waals surface area contributed by atoms with Crippen molar-refractivity contribution in [2.24, 2.45) is 5.92 Å². The Hall–Kier alpha value is -3.07. The number of carbonyl (C=O) groups excluding carboxylic acids is 2. The summed E-state index contributed by atoms with van der Waals surface area (Å²) in [5.41, 5.74) is 1.52. The van der Waals surface area contributed by atoms with Crippen LogP contribution in [0.2, 0.25) is 0 Å². The average molecular weight is 446 g/mol. The quantitative estimate of drug-likeness (QED) is 0.682. The van der Waals surface area contributed by atoms with Crippen molar-refractivity contribution in [3.63, 3.8) is 0 Å². The SMILES string of the molecule is COc1ccc(C(=O)NC(C(=O)Nc2ccc(N3CCCS3(=O)=O)cc2)C(C)C)cc1. The van der Waals surface area contributed by atoms with Crippen LogP contribution in [-0.2, 0) is 14.8 Å². The van der Waals surface area contributed by atoms with Crippen LogP contribution in [0.4, 0.5) is 11.4 Å². The molecule has 0 spiro atoms. The first kappa shape index (κ1) is 22.6. The van der Waals surface area contributed by atoms with Gasteiger partial charge in [-0.2, -0.15) is 0 Å². The number of hydrogen-bond acceptors (Lipinski definition) is 5. The molecule has 8 nitrogen and oxygen atoms in total. The highest BCUT2D eigenvalue weighted by molar-refractivity contribution is 7.93. The second-order valence-corrected chi connectivity index (χ2v) is 9.71. The molecule has 2 aromatic rings. The van der Waals surface area contributed by atoms with E-state index in [1.165, 1.54) is 4.31 Å². The Balaban J connectivity index is 1.66. The normalized spacial score (nSPS) is 16.1. The van der Waals surface area contributed by atoms with Crippen molar-refractivity contribution in [3.8, 4) is 5.75 Å². The third-order valence-electron chi connectivity index (χ3n) is 5.11. The Morgan fingerprint density at radius 3 is 2.19 bits per heavy atom. The van der Waals surface area contributed by atoms with E-state index in [2.05, 4.69) is 10.6 Å². The summed E-state index contributed by atoms with van der Waals surface area (Å²) in [6, 6.07) is 12.5. The highest BCUT2D eigenvalue weighted by Gasteiger charge is 2.28. The van der Waals surface area contributed by atoms with Gasteiger partial charge in [0.15, 0.2) is 0 Å². The Morgan fingerprint density at radius 2 is 1.68 bits per heavy atom. The van der Waals surface area contributed by atoms with E-state index in [1.807, 2.05) is 13.8 Å². The summed E-state index contributed by atoms with van der Waals surface area (Å²) >= 11 is 0. The Morgan fingerprint density at radius 1 is 1.03 bits per heavy atom. The standard InChI is InChI=1S/C22H27N3O5S/c1-15(2)20(24-21(26)16-5-11-19(30-3)12-6-16)22(27)23-17-7-9-18(10-8-17)25-13-4-14-31(25,28)29/h5-12,15,20H,4,13-14H2,1-3H3,(H,23,27)(H,24,26). The molecule has 1 heterocycles. The molecular formula is C22H27N3O5S. The van der Waals surface area contributed by atoms with E-state index in [0.717, 1.165) is 0 Å². The number of methoxy groups -OCH3 is 1. The molecule has 1 saturated heterocycles. The number of benzene rings is 2. The lowest BCUT2D eigenvalue weighted by Crippen LogP contribution is -2.47. The first-order chi connectivity index (χ1) is 14.7. The fraction of sp³-hybridized carbons (Fsp3) is 0.364. The summed E-state index contributed by atoms with van der Waals surface area (Å²) < 4.78 is 30.6. The fourth-order valence-corrected chi connectivity index (χ4v) is 4.93. The molecule has 0 bridgehead atoms. The topological polar surface area (TPSA) is 105 Å². The summed E-state index contributed by atoms with van der Waals surface area (Å²) in [4.78, 5) is 25.4. The van der Waals surface area contributed by atoms with E-state index in [9.17, 15) is 18.0 Å². The van der Waals surface area contributed by atoms with Gasteiger partial charge in [-0.15, -0.1) is 0 Å². The zero-order chi connectivity index (χ0) is 22.6. The van der Waals surface area contributed by atoms with E-state index >= 15 is 0 Å². The molecule has 1 unspecified atom stereocenters. The van der Waals surface area contributed by atoms with Crippen LogP contribution in [0.1, 0.15) is 30.6 Å². The molecule has 0 aliphatic carbocycles. The molecule has 3 rings (SSSR count). The Labute approximate surface area is 182 Å². The minimum Gasteiger partial charge on any atom is -0.497 e. The smallest absolute Gasteiger partial charge is 0.251 e. The van der Waals surface area contributed by atoms with Crippen molar-refractivity contribution < 1.29 is 22.7 Å². The van der Waals surface area contributed by atoms with Crippen LogP contribution >= 0.6 is 0 Å². The van der Waals surface area contributed by atoms with E-state index in [1.54, 1.807) is 55.6 Å². The number of ether oxygens (including phenoxy) is 1. The highest BCUT2D eigenvalue weighted by atomic mass is 32.2. The van der Waals surface area contributed by atoms with Crippen molar-refractivity contribution >= 4 is 33.2 Å². The first-order valence-corrected chi connectivity index (χ1v) is 11.7. The van der Waals surface area contributed by atoms with Crippen LogP contribution in [0, 0.1) is 5.92 Å². The lowest BCUT2D eigenvalue weighted by Gasteiger charge is -2.22. The number of nitrogens with one attached hydrogen (secondary N) is 2. The summed E-state index contributed by atoms with van der Waals surface area (Å²) in [6.45, 7) is 4.15. The van der Waals surface area contributed by atoms with Gasteiger partial charge in [-0.1, -0.05) is 13.8 Å². The van der Waals surface area contributed by atoms with Crippen LogP contribution < -0.4 is 19.7 Å². The maximum Gasteiger partial charge on any atom is 0.251 e. The van der Waals surface area contributed by atoms with Crippen molar-refractivity contribution in [1.82, 2.24) is 5.32 Å². The molecule has 1 atom stereocenters. The van der Waals surface area contributed by atoms with E-state index < -0.39 is 16.1 Å². The largest absolute Gasteiger partial charge is 0.497 e. The minimum absolute atomic E-state index is 0.142. The van der Waals surface area contributed by atoms with Gasteiger partial charge in [-0.3, -0.25) is 13.9 Å². The third kappa shape index (κ3) is 5.35. The van der Waals surface area contributed by atoms with Crippen LogP contribution in [0.5, 0.6) is 5.75 Å². The van der Waals surface area contributed by atoms with Crippen LogP contribution in [0.15, 0.2) is 48.5 Å². The van der Waals surface area contributed by atoms with Gasteiger partial charge in [0.1, 0.15) is 11.8 Å². The summed E-state index contributed by atoms with van der Waals surface area (Å²) in [5, 5.41) is 5.57. The molecule has 0 radical (unpaired) electrons. The number of rotatable bonds is 7. The van der Waals surface area contributed by atoms with Crippen molar-refractivity contribution in [2.75, 3.05) is 29.0 Å². The van der Waals surface area contributed by atoms with Gasteiger partial charge < -0.3 is 15.4 Å². The molecule has 31 heavy (non-hydrogen) atoms. The number of anilines is 2. The van der Waals surface area contributed by atoms with Gasteiger partial charge in [-0.05, 0) is 60.9 Å². The zero-order valence-electron chi connectivity index (χ0n) is 17.8. The van der Waals surface area contributed by atoms with Crippen molar-refractivity contribution in [3.05, 3.63) is 54.1 Å². The maximum atomic E-state index is 12.8. The summed E-state index contributed by atoms with van der Waals surface area (Å²) in [6.07, 6.45) is 0.602. The Kier molecular flexibility index (Phi) is 6.84. The molecule has 1 fully saturated rings. The maximum absolute atomic E-state index is 12.8. The minimum atomic E-state index is -3.25. The summed E-state index contributed by atoms with van der Waals surface area (Å²) in [5.74, 6) is -0.0595. The number of amides is 2. The molecule has 166 valence electrons. The molecule has 0 aromatic heterocycles. The number of hydrogen-bond donors (Lipinski definition) is 2. The predicted octanol–water partition coefficient (Wildman–Crippen LogP) is 2.63. The van der Waals surface area contributed by atoms with Crippen LogP contribution in [-0.4, -0.2) is 45.7 Å². The average Bonchev–Trinajstić information content (AvgIpc) is 3.11. The van der Waals surface area contributed by atoms with Crippen LogP contribution in [0.25, 0.3) is 0 Å². The van der Waals surface area contributed by atoms with Gasteiger partial charge in [0, 0.05) is 17.8 Å². The molecule has 0 saturated carbocycles. The Bertz CT molecular complexity index is 1030. The number of carbonyl (C=O) groups is 2. The molecule has 2 aromatic carbocycles. The second-order valence-electron chi connectivity index (χ2n) is 7.70. The van der Waals surface area contributed by atoms with E-state index in [0.29, 0.717) is 35.7 Å². The third-order valence-corrected chi connectivity index (χ3v) is 6.98. The van der Waals surface area contributed by atoms with Gasteiger partial charge in [0.25, 0.3) is 5.91 Å². The van der Waals surface area contributed by atoms with Gasteiger partial charge >= 0.3 is 0 Å². The second kappa shape index (κ2) is 9.38. The molecular weight excluding hydrogens is 418 g/mol. The highest BCUT2D eigenvalue weighted by Crippen LogP contribution is 2.25. The molecule has 2 amide bonds. The molecule has 1 aliphatic rings. The summed E-state index contributed by atoms with van der Waals surface area (Å²) in [7, 11) is -1.71. The first-order valence-electron chi connectivity index (χ1n) is 10.1. The monoisotopic (exact) mass is 445 g/mol. The van der Waals surface area contributed by atoms with Crippen LogP contribution in [0.3, 0.4) is 0 Å². The fourth-order valence-electron chi connectivity index (χ4n) is 3.36.